The van der Waals surface area contributed by atoms with E-state index < -0.39 is 6.10 Å². The fourth-order valence-corrected chi connectivity index (χ4v) is 2.39. The predicted molar refractivity (Wildman–Crippen MR) is 80.9 cm³/mol. The van der Waals surface area contributed by atoms with Gasteiger partial charge in [-0.2, -0.15) is 0 Å². The number of nitrogens with one attached hydrogen (secondary N) is 2. The summed E-state index contributed by atoms with van der Waals surface area (Å²) in [5.74, 6) is 0.492. The number of ether oxygens (including phenoxy) is 2. The van der Waals surface area contributed by atoms with Crippen LogP contribution < -0.4 is 15.0 Å². The first-order chi connectivity index (χ1) is 10.1. The molecule has 0 bridgehead atoms. The molecule has 5 nitrogen and oxygen atoms in total. The van der Waals surface area contributed by atoms with Crippen molar-refractivity contribution < 1.29 is 19.2 Å². The zero-order chi connectivity index (χ0) is 15.1. The number of hydrogen-bond acceptors (Lipinski definition) is 3. The summed E-state index contributed by atoms with van der Waals surface area (Å²) in [6, 6.07) is 7.05. The molecule has 1 aromatic rings. The molecule has 1 heterocycles. The van der Waals surface area contributed by atoms with Crippen LogP contribution in [0.3, 0.4) is 0 Å². The molecule has 0 saturated carbocycles. The van der Waals surface area contributed by atoms with E-state index in [1.54, 1.807) is 31.2 Å². The van der Waals surface area contributed by atoms with Crippen LogP contribution in [-0.4, -0.2) is 51.4 Å². The molecule has 0 spiro atoms. The molecule has 0 radical (unpaired) electrons. The molecule has 1 aliphatic heterocycles. The molecule has 1 fully saturated rings. The third-order valence-corrected chi connectivity index (χ3v) is 3.69. The Morgan fingerprint density at radius 1 is 1.48 bits per heavy atom. The van der Waals surface area contributed by atoms with Crippen molar-refractivity contribution in [2.24, 2.45) is 0 Å². The van der Waals surface area contributed by atoms with Crippen LogP contribution in [0.25, 0.3) is 0 Å². The largest absolute Gasteiger partial charge is 0.481 e. The van der Waals surface area contributed by atoms with Gasteiger partial charge in [-0.3, -0.25) is 4.79 Å². The molecular weight excluding hydrogens is 292 g/mol. The Kier molecular flexibility index (Phi) is 6.29. The van der Waals surface area contributed by atoms with Crippen LogP contribution in [0.2, 0.25) is 5.02 Å². The molecule has 0 unspecified atom stereocenters. The van der Waals surface area contributed by atoms with Gasteiger partial charge in [0.15, 0.2) is 6.10 Å². The topological polar surface area (TPSA) is 52.0 Å². The Hall–Kier alpha value is -1.30. The Balaban J connectivity index is 1.69. The lowest BCUT2D eigenvalue weighted by Gasteiger charge is -2.24. The quantitative estimate of drug-likeness (QED) is 0.785. The van der Waals surface area contributed by atoms with Gasteiger partial charge in [-0.25, -0.2) is 0 Å². The summed E-state index contributed by atoms with van der Waals surface area (Å²) in [5, 5.41) is 3.50. The lowest BCUT2D eigenvalue weighted by Crippen LogP contribution is -3.14. The number of benzene rings is 1. The third kappa shape index (κ3) is 5.53. The molecule has 2 rings (SSSR count). The second-order valence-corrected chi connectivity index (χ2v) is 5.56. The van der Waals surface area contributed by atoms with Crippen LogP contribution in [0.5, 0.6) is 5.75 Å². The molecule has 6 heteroatoms. The minimum atomic E-state index is -0.539. The predicted octanol–water partition coefficient (Wildman–Crippen LogP) is 0.139. The van der Waals surface area contributed by atoms with E-state index in [0.717, 1.165) is 32.8 Å². The molecule has 1 saturated heterocycles. The van der Waals surface area contributed by atoms with Crippen LogP contribution in [-0.2, 0) is 9.53 Å². The van der Waals surface area contributed by atoms with Gasteiger partial charge in [0.25, 0.3) is 5.91 Å². The number of rotatable bonds is 6. The summed E-state index contributed by atoms with van der Waals surface area (Å²) in [6.07, 6.45) is -0.539. The maximum Gasteiger partial charge on any atom is 0.260 e. The van der Waals surface area contributed by atoms with Gasteiger partial charge in [0.1, 0.15) is 18.8 Å². The van der Waals surface area contributed by atoms with Gasteiger partial charge in [0.05, 0.1) is 26.3 Å². The maximum atomic E-state index is 12.0. The average molecular weight is 314 g/mol. The molecule has 0 aliphatic carbocycles. The fraction of sp³-hybridized carbons (Fsp3) is 0.533. The molecule has 1 aromatic carbocycles. The first kappa shape index (κ1) is 16.1. The maximum absolute atomic E-state index is 12.0. The van der Waals surface area contributed by atoms with Crippen LogP contribution in [0, 0.1) is 0 Å². The van der Waals surface area contributed by atoms with E-state index in [1.807, 2.05) is 0 Å². The van der Waals surface area contributed by atoms with Gasteiger partial charge >= 0.3 is 0 Å². The Labute approximate surface area is 130 Å². The second kappa shape index (κ2) is 8.22. The number of carbonyl (C=O) groups is 1. The zero-order valence-corrected chi connectivity index (χ0v) is 13.0. The second-order valence-electron chi connectivity index (χ2n) is 5.12. The van der Waals surface area contributed by atoms with Crippen molar-refractivity contribution in [3.8, 4) is 5.75 Å². The third-order valence-electron chi connectivity index (χ3n) is 3.46. The van der Waals surface area contributed by atoms with Crippen LogP contribution in [0.1, 0.15) is 6.92 Å². The van der Waals surface area contributed by atoms with Gasteiger partial charge in [-0.05, 0) is 25.1 Å². The summed E-state index contributed by atoms with van der Waals surface area (Å²) in [6.45, 7) is 6.91. The zero-order valence-electron chi connectivity index (χ0n) is 12.2. The monoisotopic (exact) mass is 313 g/mol. The van der Waals surface area contributed by atoms with Gasteiger partial charge in [0, 0.05) is 5.02 Å². The van der Waals surface area contributed by atoms with Crippen molar-refractivity contribution in [3.05, 3.63) is 29.3 Å². The van der Waals surface area contributed by atoms with E-state index in [1.165, 1.54) is 4.90 Å². The number of quaternary nitrogens is 1. The lowest BCUT2D eigenvalue weighted by molar-refractivity contribution is -0.906. The van der Waals surface area contributed by atoms with E-state index in [2.05, 4.69) is 5.32 Å². The number of carbonyl (C=O) groups excluding carboxylic acids is 1. The average Bonchev–Trinajstić information content (AvgIpc) is 2.48. The van der Waals surface area contributed by atoms with Crippen molar-refractivity contribution in [1.82, 2.24) is 5.32 Å². The number of morpholine rings is 1. The molecule has 0 aromatic heterocycles. The van der Waals surface area contributed by atoms with Gasteiger partial charge < -0.3 is 19.7 Å². The summed E-state index contributed by atoms with van der Waals surface area (Å²) in [5.41, 5.74) is 0. The molecule has 116 valence electrons. The summed E-state index contributed by atoms with van der Waals surface area (Å²) in [4.78, 5) is 13.4. The van der Waals surface area contributed by atoms with Crippen molar-refractivity contribution in [2.45, 2.75) is 13.0 Å². The standard InChI is InChI=1S/C15H21ClN2O3/c1-12(21-14-4-2-3-13(16)11-14)15(19)17-5-6-18-7-9-20-10-8-18/h2-4,11-12H,5-10H2,1H3,(H,17,19)/p+1/t12-/m0/s1. The van der Waals surface area contributed by atoms with Gasteiger partial charge in [-0.1, -0.05) is 17.7 Å². The normalized spacial score (nSPS) is 17.2. The summed E-state index contributed by atoms with van der Waals surface area (Å²) >= 11 is 5.88. The first-order valence-corrected chi connectivity index (χ1v) is 7.64. The van der Waals surface area contributed by atoms with Crippen molar-refractivity contribution in [3.63, 3.8) is 0 Å². The summed E-state index contributed by atoms with van der Waals surface area (Å²) < 4.78 is 10.9. The SMILES string of the molecule is C[C@H](Oc1cccc(Cl)c1)C(=O)NCC[NH+]1CCOCC1. The van der Waals surface area contributed by atoms with Crippen LogP contribution in [0.4, 0.5) is 0 Å². The van der Waals surface area contributed by atoms with Gasteiger partial charge in [-0.15, -0.1) is 0 Å². The van der Waals surface area contributed by atoms with Crippen molar-refractivity contribution in [2.75, 3.05) is 39.4 Å². The van der Waals surface area contributed by atoms with Crippen molar-refractivity contribution >= 4 is 17.5 Å². The van der Waals surface area contributed by atoms with Crippen molar-refractivity contribution in [1.29, 1.82) is 0 Å². The van der Waals surface area contributed by atoms with E-state index in [0.29, 0.717) is 17.3 Å². The van der Waals surface area contributed by atoms with E-state index >= 15 is 0 Å². The highest BCUT2D eigenvalue weighted by Crippen LogP contribution is 2.18. The number of halogens is 1. The Morgan fingerprint density at radius 2 is 2.24 bits per heavy atom. The number of amides is 1. The molecular formula is C15H22ClN2O3+. The highest BCUT2D eigenvalue weighted by atomic mass is 35.5. The van der Waals surface area contributed by atoms with Gasteiger partial charge in [0.2, 0.25) is 0 Å². The molecule has 1 atom stereocenters. The smallest absolute Gasteiger partial charge is 0.260 e. The molecule has 2 N–H and O–H groups in total. The van der Waals surface area contributed by atoms with E-state index in [4.69, 9.17) is 21.1 Å². The summed E-state index contributed by atoms with van der Waals surface area (Å²) in [7, 11) is 0. The molecule has 1 amide bonds. The highest BCUT2D eigenvalue weighted by Gasteiger charge is 2.17. The lowest BCUT2D eigenvalue weighted by atomic mass is 10.3. The van der Waals surface area contributed by atoms with E-state index in [9.17, 15) is 4.79 Å². The van der Waals surface area contributed by atoms with Crippen LogP contribution >= 0.6 is 11.6 Å². The minimum Gasteiger partial charge on any atom is -0.481 e. The Morgan fingerprint density at radius 3 is 2.95 bits per heavy atom. The fourth-order valence-electron chi connectivity index (χ4n) is 2.21. The Bertz CT molecular complexity index is 464. The number of hydrogen-bond donors (Lipinski definition) is 2. The molecule has 1 aliphatic rings. The first-order valence-electron chi connectivity index (χ1n) is 7.26. The highest BCUT2D eigenvalue weighted by molar-refractivity contribution is 6.30. The van der Waals surface area contributed by atoms with Crippen LogP contribution in [0.15, 0.2) is 24.3 Å². The molecule has 21 heavy (non-hydrogen) atoms. The minimum absolute atomic E-state index is 0.109. The van der Waals surface area contributed by atoms with E-state index in [-0.39, 0.29) is 5.91 Å².